The van der Waals surface area contributed by atoms with E-state index in [1.807, 2.05) is 73.0 Å². The lowest BCUT2D eigenvalue weighted by molar-refractivity contribution is -0.155. The summed E-state index contributed by atoms with van der Waals surface area (Å²) < 4.78 is 10.9. The number of carbonyl (C=O) groups excluding carboxylic acids is 2. The van der Waals surface area contributed by atoms with Crippen molar-refractivity contribution in [1.82, 2.24) is 5.32 Å². The second kappa shape index (κ2) is 10.4. The smallest absolute Gasteiger partial charge is 0.347 e. The number of rotatable bonds is 9. The summed E-state index contributed by atoms with van der Waals surface area (Å²) in [5.74, 6) is -0.336. The standard InChI is InChI=1S/C23H23NO4S/c1-2-19(28-18-12-7-4-8-13-18)23(26)27-16-21(25)24-22(20-14-9-15-29-20)17-10-5-3-6-11-17/h3-15,19,22H,2,16H2,1H3,(H,24,25)/t19-,22+/m1/s1. The number of esters is 1. The fourth-order valence-electron chi connectivity index (χ4n) is 2.81. The first-order valence-electron chi connectivity index (χ1n) is 9.43. The Bertz CT molecular complexity index is 897. The Labute approximate surface area is 174 Å². The number of ether oxygens (including phenoxy) is 2. The number of nitrogens with one attached hydrogen (secondary N) is 1. The molecule has 0 radical (unpaired) electrons. The van der Waals surface area contributed by atoms with Gasteiger partial charge in [-0.2, -0.15) is 0 Å². The van der Waals surface area contributed by atoms with Crippen molar-refractivity contribution in [3.8, 4) is 5.75 Å². The van der Waals surface area contributed by atoms with Gasteiger partial charge in [-0.1, -0.05) is 61.5 Å². The van der Waals surface area contributed by atoms with Crippen molar-refractivity contribution in [2.24, 2.45) is 0 Å². The Balaban J connectivity index is 1.58. The van der Waals surface area contributed by atoms with Gasteiger partial charge in [0.05, 0.1) is 6.04 Å². The van der Waals surface area contributed by atoms with E-state index in [4.69, 9.17) is 9.47 Å². The Morgan fingerprint density at radius 3 is 2.28 bits per heavy atom. The van der Waals surface area contributed by atoms with E-state index in [9.17, 15) is 9.59 Å². The van der Waals surface area contributed by atoms with Crippen LogP contribution in [0.5, 0.6) is 5.75 Å². The monoisotopic (exact) mass is 409 g/mol. The zero-order valence-corrected chi connectivity index (χ0v) is 16.9. The summed E-state index contributed by atoms with van der Waals surface area (Å²) in [6.45, 7) is 1.47. The lowest BCUT2D eigenvalue weighted by atomic mass is 10.1. The predicted octanol–water partition coefficient (Wildman–Crippen LogP) is 4.35. The zero-order valence-electron chi connectivity index (χ0n) is 16.1. The van der Waals surface area contributed by atoms with Crippen LogP contribution >= 0.6 is 11.3 Å². The van der Waals surface area contributed by atoms with Crippen molar-refractivity contribution in [3.63, 3.8) is 0 Å². The van der Waals surface area contributed by atoms with Gasteiger partial charge in [-0.25, -0.2) is 4.79 Å². The van der Waals surface area contributed by atoms with Crippen molar-refractivity contribution in [3.05, 3.63) is 88.6 Å². The van der Waals surface area contributed by atoms with Crippen LogP contribution in [0.15, 0.2) is 78.2 Å². The van der Waals surface area contributed by atoms with Crippen molar-refractivity contribution in [2.45, 2.75) is 25.5 Å². The largest absolute Gasteiger partial charge is 0.479 e. The second-order valence-corrected chi connectivity index (χ2v) is 7.34. The number of thiophene rings is 1. The highest BCUT2D eigenvalue weighted by atomic mass is 32.1. The molecule has 150 valence electrons. The maximum atomic E-state index is 12.5. The van der Waals surface area contributed by atoms with Crippen LogP contribution in [0.4, 0.5) is 0 Å². The highest BCUT2D eigenvalue weighted by Crippen LogP contribution is 2.25. The van der Waals surface area contributed by atoms with Crippen LogP contribution in [0.1, 0.15) is 29.8 Å². The minimum Gasteiger partial charge on any atom is -0.479 e. The van der Waals surface area contributed by atoms with Gasteiger partial charge in [0.2, 0.25) is 0 Å². The molecule has 29 heavy (non-hydrogen) atoms. The summed E-state index contributed by atoms with van der Waals surface area (Å²) in [5, 5.41) is 4.91. The molecule has 0 aliphatic rings. The number of benzene rings is 2. The van der Waals surface area contributed by atoms with E-state index in [1.54, 1.807) is 23.5 Å². The molecule has 1 aromatic heterocycles. The van der Waals surface area contributed by atoms with Crippen LogP contribution in [-0.2, 0) is 14.3 Å². The number of carbonyl (C=O) groups is 2. The first kappa shape index (κ1) is 20.6. The Hall–Kier alpha value is -3.12. The molecule has 0 fully saturated rings. The van der Waals surface area contributed by atoms with Gasteiger partial charge in [0.15, 0.2) is 12.7 Å². The van der Waals surface area contributed by atoms with Crippen LogP contribution in [0, 0.1) is 0 Å². The summed E-state index contributed by atoms with van der Waals surface area (Å²) in [7, 11) is 0. The molecular formula is C23H23NO4S. The van der Waals surface area contributed by atoms with E-state index in [2.05, 4.69) is 5.32 Å². The first-order valence-corrected chi connectivity index (χ1v) is 10.3. The van der Waals surface area contributed by atoms with Crippen LogP contribution in [0.3, 0.4) is 0 Å². The molecule has 0 spiro atoms. The molecule has 2 aromatic carbocycles. The molecule has 0 saturated heterocycles. The average molecular weight is 410 g/mol. The molecule has 2 atom stereocenters. The number of hydrogen-bond acceptors (Lipinski definition) is 5. The van der Waals surface area contributed by atoms with Gasteiger partial charge in [-0.3, -0.25) is 4.79 Å². The van der Waals surface area contributed by atoms with Crippen molar-refractivity contribution in [2.75, 3.05) is 6.61 Å². The molecule has 1 heterocycles. The topological polar surface area (TPSA) is 64.6 Å². The van der Waals surface area contributed by atoms with Crippen LogP contribution in [-0.4, -0.2) is 24.6 Å². The molecule has 1 N–H and O–H groups in total. The summed E-state index contributed by atoms with van der Waals surface area (Å²) in [6, 6.07) is 22.4. The summed E-state index contributed by atoms with van der Waals surface area (Å²) in [6.07, 6.45) is -0.315. The summed E-state index contributed by atoms with van der Waals surface area (Å²) in [5.41, 5.74) is 0.966. The quantitative estimate of drug-likeness (QED) is 0.534. The van der Waals surface area contributed by atoms with Crippen LogP contribution in [0.25, 0.3) is 0 Å². The fourth-order valence-corrected chi connectivity index (χ4v) is 3.62. The molecule has 0 aliphatic heterocycles. The molecule has 1 amide bonds. The summed E-state index contributed by atoms with van der Waals surface area (Å²) in [4.78, 5) is 25.8. The lowest BCUT2D eigenvalue weighted by Crippen LogP contribution is -2.35. The molecule has 5 nitrogen and oxygen atoms in total. The van der Waals surface area contributed by atoms with Crippen LogP contribution < -0.4 is 10.1 Å². The van der Waals surface area contributed by atoms with Crippen molar-refractivity contribution < 1.29 is 19.1 Å². The second-order valence-electron chi connectivity index (χ2n) is 6.36. The van der Waals surface area contributed by atoms with E-state index in [0.717, 1.165) is 10.4 Å². The molecule has 3 rings (SSSR count). The third-order valence-corrected chi connectivity index (χ3v) is 5.20. The Kier molecular flexibility index (Phi) is 7.41. The fraction of sp³-hybridized carbons (Fsp3) is 0.217. The SMILES string of the molecule is CC[C@@H](Oc1ccccc1)C(=O)OCC(=O)N[C@@H](c1ccccc1)c1cccs1. The van der Waals surface area contributed by atoms with E-state index < -0.39 is 12.1 Å². The lowest BCUT2D eigenvalue weighted by Gasteiger charge is -2.19. The molecule has 0 bridgehead atoms. The number of para-hydroxylation sites is 1. The van der Waals surface area contributed by atoms with Crippen LogP contribution in [0.2, 0.25) is 0 Å². The minimum absolute atomic E-state index is 0.287. The summed E-state index contributed by atoms with van der Waals surface area (Å²) >= 11 is 1.56. The predicted molar refractivity (Wildman–Crippen MR) is 113 cm³/mol. The van der Waals surface area contributed by atoms with Gasteiger partial charge in [0.25, 0.3) is 5.91 Å². The van der Waals surface area contributed by atoms with Gasteiger partial charge in [-0.05, 0) is 35.6 Å². The third-order valence-electron chi connectivity index (χ3n) is 4.27. The van der Waals surface area contributed by atoms with Gasteiger partial charge >= 0.3 is 5.97 Å². The highest BCUT2D eigenvalue weighted by Gasteiger charge is 2.23. The average Bonchev–Trinajstić information content (AvgIpc) is 3.30. The van der Waals surface area contributed by atoms with Crippen molar-refractivity contribution in [1.29, 1.82) is 0 Å². The molecule has 3 aromatic rings. The zero-order chi connectivity index (χ0) is 20.5. The molecular weight excluding hydrogens is 386 g/mol. The van der Waals surface area contributed by atoms with Gasteiger partial charge in [0.1, 0.15) is 5.75 Å². The maximum Gasteiger partial charge on any atom is 0.347 e. The molecule has 0 unspecified atom stereocenters. The minimum atomic E-state index is -0.757. The molecule has 0 aliphatic carbocycles. The highest BCUT2D eigenvalue weighted by molar-refractivity contribution is 7.10. The van der Waals surface area contributed by atoms with Gasteiger partial charge in [0, 0.05) is 4.88 Å². The maximum absolute atomic E-state index is 12.5. The number of amides is 1. The van der Waals surface area contributed by atoms with E-state index in [0.29, 0.717) is 12.2 Å². The number of hydrogen-bond donors (Lipinski definition) is 1. The third kappa shape index (κ3) is 5.93. The van der Waals surface area contributed by atoms with E-state index in [-0.39, 0.29) is 18.6 Å². The molecule has 6 heteroatoms. The van der Waals surface area contributed by atoms with Gasteiger partial charge in [-0.15, -0.1) is 11.3 Å². The van der Waals surface area contributed by atoms with E-state index in [1.165, 1.54) is 0 Å². The Morgan fingerprint density at radius 2 is 1.66 bits per heavy atom. The van der Waals surface area contributed by atoms with E-state index >= 15 is 0 Å². The normalized spacial score (nSPS) is 12.6. The first-order chi connectivity index (χ1) is 14.2. The van der Waals surface area contributed by atoms with Gasteiger partial charge < -0.3 is 14.8 Å². The van der Waals surface area contributed by atoms with Crippen molar-refractivity contribution >= 4 is 23.2 Å². The molecule has 0 saturated carbocycles. The Morgan fingerprint density at radius 1 is 0.966 bits per heavy atom.